The van der Waals surface area contributed by atoms with Crippen LogP contribution in [0.2, 0.25) is 0 Å². The Bertz CT molecular complexity index is 3860. The van der Waals surface area contributed by atoms with Crippen LogP contribution in [0.5, 0.6) is 0 Å². The monoisotopic (exact) mass is 792 g/mol. The molecule has 13 rings (SSSR count). The number of aromatic nitrogens is 1. The summed E-state index contributed by atoms with van der Waals surface area (Å²) in [5, 5.41) is 9.26. The first kappa shape index (κ1) is 34.5. The summed E-state index contributed by atoms with van der Waals surface area (Å²) in [6.07, 6.45) is 0. The van der Waals surface area contributed by atoms with Crippen molar-refractivity contribution in [3.8, 4) is 27.9 Å². The van der Waals surface area contributed by atoms with E-state index in [2.05, 4.69) is 210 Å². The molecule has 0 atom stereocenters. The number of rotatable bonds is 6. The number of nitrogens with zero attached hydrogens (tertiary/aromatic N) is 2. The Morgan fingerprint density at radius 2 is 1.02 bits per heavy atom. The topological polar surface area (TPSA) is 34.5 Å². The van der Waals surface area contributed by atoms with E-state index in [1.54, 1.807) is 0 Å². The molecule has 0 fully saturated rings. The Labute approximate surface area is 356 Å². The molecule has 62 heavy (non-hydrogen) atoms. The Hall–Kier alpha value is -8.34. The number of benzene rings is 10. The van der Waals surface area contributed by atoms with E-state index >= 15 is 0 Å². The lowest BCUT2D eigenvalue weighted by Gasteiger charge is -2.27. The highest BCUT2D eigenvalue weighted by Crippen LogP contribution is 2.47. The van der Waals surface area contributed by atoms with E-state index in [4.69, 9.17) is 8.83 Å². The van der Waals surface area contributed by atoms with Gasteiger partial charge in [-0.15, -0.1) is 0 Å². The van der Waals surface area contributed by atoms with E-state index in [1.807, 2.05) is 18.2 Å². The van der Waals surface area contributed by atoms with Crippen LogP contribution < -0.4 is 4.90 Å². The fourth-order valence-corrected chi connectivity index (χ4v) is 9.73. The molecule has 0 bridgehead atoms. The number of hydrogen-bond acceptors (Lipinski definition) is 3. The first-order chi connectivity index (χ1) is 30.7. The Kier molecular flexibility index (Phi) is 7.57. The smallest absolute Gasteiger partial charge is 0.145 e. The third-order valence-corrected chi connectivity index (χ3v) is 12.6. The molecule has 0 aliphatic carbocycles. The van der Waals surface area contributed by atoms with Crippen molar-refractivity contribution in [1.82, 2.24) is 4.57 Å². The van der Waals surface area contributed by atoms with E-state index in [0.717, 1.165) is 88.9 Å². The molecule has 0 saturated carbocycles. The Balaban J connectivity index is 1.01. The summed E-state index contributed by atoms with van der Waals surface area (Å²) in [7, 11) is 0. The number of para-hydroxylation sites is 3. The first-order valence-corrected chi connectivity index (χ1v) is 21.1. The maximum atomic E-state index is 6.77. The van der Waals surface area contributed by atoms with Crippen molar-refractivity contribution in [2.75, 3.05) is 4.90 Å². The fourth-order valence-electron chi connectivity index (χ4n) is 9.73. The van der Waals surface area contributed by atoms with E-state index in [1.165, 1.54) is 32.6 Å². The summed E-state index contributed by atoms with van der Waals surface area (Å²) in [4.78, 5) is 2.37. The SMILES string of the molecule is c1ccc(-c2ccc(N(c3ccc(-c4ccc5c6ccc7ccccc7c6n(-c6ccccc6)c5c4)cc3)c3ccc4oc5ccccc5c4c3)c3c2oc2ccccc23)cc1. The van der Waals surface area contributed by atoms with Crippen molar-refractivity contribution >= 4 is 93.5 Å². The van der Waals surface area contributed by atoms with Gasteiger partial charge < -0.3 is 18.3 Å². The molecule has 0 radical (unpaired) electrons. The van der Waals surface area contributed by atoms with Crippen molar-refractivity contribution in [1.29, 1.82) is 0 Å². The zero-order valence-corrected chi connectivity index (χ0v) is 33.5. The van der Waals surface area contributed by atoms with Gasteiger partial charge in [-0.3, -0.25) is 0 Å². The maximum Gasteiger partial charge on any atom is 0.145 e. The van der Waals surface area contributed by atoms with Gasteiger partial charge in [0.15, 0.2) is 0 Å². The van der Waals surface area contributed by atoms with Crippen LogP contribution in [-0.2, 0) is 0 Å². The van der Waals surface area contributed by atoms with E-state index in [9.17, 15) is 0 Å². The molecule has 0 N–H and O–H groups in total. The van der Waals surface area contributed by atoms with Crippen molar-refractivity contribution in [2.24, 2.45) is 0 Å². The molecule has 4 nitrogen and oxygen atoms in total. The van der Waals surface area contributed by atoms with Gasteiger partial charge in [-0.2, -0.15) is 0 Å². The van der Waals surface area contributed by atoms with Crippen LogP contribution >= 0.6 is 0 Å². The van der Waals surface area contributed by atoms with Gasteiger partial charge in [0.25, 0.3) is 0 Å². The van der Waals surface area contributed by atoms with Gasteiger partial charge in [-0.1, -0.05) is 146 Å². The normalized spacial score (nSPS) is 11.9. The third kappa shape index (κ3) is 5.27. The summed E-state index contributed by atoms with van der Waals surface area (Å²) < 4.78 is 15.5. The minimum atomic E-state index is 0.856. The van der Waals surface area contributed by atoms with E-state index in [0.29, 0.717) is 0 Å². The summed E-state index contributed by atoms with van der Waals surface area (Å²) in [6.45, 7) is 0. The molecular weight excluding hydrogens is 757 g/mol. The third-order valence-electron chi connectivity index (χ3n) is 12.6. The predicted octanol–water partition coefficient (Wildman–Crippen LogP) is 16.5. The van der Waals surface area contributed by atoms with Gasteiger partial charge in [0.1, 0.15) is 22.3 Å². The molecular formula is C58H36N2O2. The van der Waals surface area contributed by atoms with Crippen molar-refractivity contribution in [3.05, 3.63) is 218 Å². The second-order valence-corrected chi connectivity index (χ2v) is 16.0. The molecule has 0 saturated heterocycles. The van der Waals surface area contributed by atoms with Crippen LogP contribution in [-0.4, -0.2) is 4.57 Å². The van der Waals surface area contributed by atoms with Gasteiger partial charge in [0, 0.05) is 54.9 Å². The number of furan rings is 2. The highest BCUT2D eigenvalue weighted by molar-refractivity contribution is 6.20. The van der Waals surface area contributed by atoms with Gasteiger partial charge >= 0.3 is 0 Å². The van der Waals surface area contributed by atoms with E-state index < -0.39 is 0 Å². The standard InChI is InChI=1S/C58H36N2O2/c1-3-13-38(14-4-1)45-32-33-51(56-49-20-10-12-22-54(49)62-58(45)56)59(43-29-34-55-50(36-43)47-19-9-11-21-53(47)61-55)42-27-23-37(24-28-42)40-26-30-46-48-31-25-39-15-7-8-18-44(39)57(48)60(52(46)35-40)41-16-5-2-6-17-41/h1-36H. The average Bonchev–Trinajstić information content (AvgIpc) is 4.02. The molecule has 290 valence electrons. The number of anilines is 3. The van der Waals surface area contributed by atoms with Crippen LogP contribution in [0.25, 0.3) is 104 Å². The van der Waals surface area contributed by atoms with Gasteiger partial charge in [0.05, 0.1) is 22.1 Å². The number of fused-ring (bicyclic) bond motifs is 11. The first-order valence-electron chi connectivity index (χ1n) is 21.1. The van der Waals surface area contributed by atoms with Gasteiger partial charge in [-0.25, -0.2) is 0 Å². The maximum absolute atomic E-state index is 6.77. The molecule has 0 aliphatic heterocycles. The minimum Gasteiger partial charge on any atom is -0.456 e. The van der Waals surface area contributed by atoms with Crippen LogP contribution in [0.3, 0.4) is 0 Å². The Morgan fingerprint density at radius 3 is 1.84 bits per heavy atom. The van der Waals surface area contributed by atoms with Crippen LogP contribution in [0.15, 0.2) is 227 Å². The van der Waals surface area contributed by atoms with Crippen molar-refractivity contribution in [2.45, 2.75) is 0 Å². The fraction of sp³-hybridized carbons (Fsp3) is 0. The molecule has 0 unspecified atom stereocenters. The second kappa shape index (κ2) is 13.6. The Morgan fingerprint density at radius 1 is 0.371 bits per heavy atom. The lowest BCUT2D eigenvalue weighted by Crippen LogP contribution is -2.10. The second-order valence-electron chi connectivity index (χ2n) is 16.0. The summed E-state index contributed by atoms with van der Waals surface area (Å²) in [5.74, 6) is 0. The minimum absolute atomic E-state index is 0.856. The predicted molar refractivity (Wildman–Crippen MR) is 258 cm³/mol. The lowest BCUT2D eigenvalue weighted by molar-refractivity contribution is 0.669. The van der Waals surface area contributed by atoms with Crippen molar-refractivity contribution < 1.29 is 8.83 Å². The molecule has 4 heteroatoms. The van der Waals surface area contributed by atoms with Crippen LogP contribution in [0.1, 0.15) is 0 Å². The van der Waals surface area contributed by atoms with E-state index in [-0.39, 0.29) is 0 Å². The summed E-state index contributed by atoms with van der Waals surface area (Å²) >= 11 is 0. The highest BCUT2D eigenvalue weighted by atomic mass is 16.3. The zero-order valence-electron chi connectivity index (χ0n) is 33.5. The molecule has 0 aliphatic rings. The summed E-state index contributed by atoms with van der Waals surface area (Å²) in [6, 6.07) is 78.0. The molecule has 13 aromatic rings. The number of hydrogen-bond donors (Lipinski definition) is 0. The molecule has 10 aromatic carbocycles. The quantitative estimate of drug-likeness (QED) is 0.168. The van der Waals surface area contributed by atoms with Crippen LogP contribution in [0.4, 0.5) is 17.1 Å². The molecule has 3 heterocycles. The largest absolute Gasteiger partial charge is 0.456 e. The molecule has 0 spiro atoms. The van der Waals surface area contributed by atoms with Gasteiger partial charge in [-0.05, 0) is 94.9 Å². The molecule has 3 aromatic heterocycles. The lowest BCUT2D eigenvalue weighted by atomic mass is 9.99. The van der Waals surface area contributed by atoms with Crippen LogP contribution in [0, 0.1) is 0 Å². The molecule has 0 amide bonds. The highest BCUT2D eigenvalue weighted by Gasteiger charge is 2.23. The van der Waals surface area contributed by atoms with Crippen molar-refractivity contribution in [3.63, 3.8) is 0 Å². The summed E-state index contributed by atoms with van der Waals surface area (Å²) in [5.41, 5.74) is 14.6. The zero-order chi connectivity index (χ0) is 40.7. The average molecular weight is 793 g/mol. The van der Waals surface area contributed by atoms with Gasteiger partial charge in [0.2, 0.25) is 0 Å².